The zero-order valence-electron chi connectivity index (χ0n) is 39.9. The summed E-state index contributed by atoms with van der Waals surface area (Å²) in [7, 11) is 0. The van der Waals surface area contributed by atoms with Crippen LogP contribution in [0.15, 0.2) is 120 Å². The molecule has 2 aliphatic carbocycles. The second-order valence-corrected chi connectivity index (χ2v) is 19.2. The van der Waals surface area contributed by atoms with Crippen LogP contribution >= 0.6 is 0 Å². The molecule has 4 aromatic rings. The first-order valence-corrected chi connectivity index (χ1v) is 25.2. The van der Waals surface area contributed by atoms with E-state index in [-0.39, 0.29) is 62.1 Å². The molecule has 7 unspecified atom stereocenters. The first-order chi connectivity index (χ1) is 34.3. The number of aliphatic hydroxyl groups excluding tert-OH is 2. The number of nitro groups is 1. The van der Waals surface area contributed by atoms with Crippen LogP contribution in [0, 0.1) is 27.9 Å². The summed E-state index contributed by atoms with van der Waals surface area (Å²) in [6, 6.07) is 25.6. The van der Waals surface area contributed by atoms with Crippen molar-refractivity contribution in [3.05, 3.63) is 142 Å². The topological polar surface area (TPSA) is 165 Å². The molecule has 3 fully saturated rings. The normalized spacial score (nSPS) is 25.4. The summed E-state index contributed by atoms with van der Waals surface area (Å²) < 4.78 is 27.3. The molecule has 3 aliphatic heterocycles. The number of carbonyl (C=O) groups is 1. The molecule has 5 aliphatic rings. The first-order valence-electron chi connectivity index (χ1n) is 25.2. The van der Waals surface area contributed by atoms with Crippen molar-refractivity contribution in [3.63, 3.8) is 0 Å². The standard InChI is InChI=1S/C56H66N4O10/c1-2-32-68-56-51(59(38-42-15-11-14-40-12-3-4-16-45(40)42)52(63)26-21-39-19-22-43(23-20-39)60(64)65)37-49(57-70-53-18-7-10-33-67-53)47-35-41(13-5-8-30-61)46(17-6-9-31-62)54(55(47)56)48-36-44(24-25-50(48)69-56)66-34-29-58-27-28-58/h2-4,11-12,14-16,19-26,35-36,41,46,51,53-55,61-62H,1,5-10,13,17-18,27-34,37-38H2. The molecular formula is C56H66N4O10. The monoisotopic (exact) mass is 954 g/mol. The molecule has 0 bridgehead atoms. The summed E-state index contributed by atoms with van der Waals surface area (Å²) in [4.78, 5) is 37.1. The highest BCUT2D eigenvalue weighted by Gasteiger charge is 2.65. The van der Waals surface area contributed by atoms with Crippen LogP contribution in [0.25, 0.3) is 16.8 Å². The summed E-state index contributed by atoms with van der Waals surface area (Å²) >= 11 is 0. The minimum atomic E-state index is -1.49. The van der Waals surface area contributed by atoms with Gasteiger partial charge in [0, 0.05) is 81.9 Å². The number of aliphatic hydroxyl groups is 2. The maximum Gasteiger partial charge on any atom is 0.269 e. The Morgan fingerprint density at radius 3 is 2.54 bits per heavy atom. The number of hydrogen-bond donors (Lipinski definition) is 2. The molecule has 3 heterocycles. The fraction of sp³-hybridized carbons (Fsp3) is 0.464. The third-order valence-electron chi connectivity index (χ3n) is 14.7. The van der Waals surface area contributed by atoms with Gasteiger partial charge in [-0.05, 0) is 114 Å². The van der Waals surface area contributed by atoms with Gasteiger partial charge in [0.1, 0.15) is 24.1 Å². The van der Waals surface area contributed by atoms with Gasteiger partial charge in [-0.2, -0.15) is 0 Å². The van der Waals surface area contributed by atoms with Gasteiger partial charge in [-0.25, -0.2) is 0 Å². The van der Waals surface area contributed by atoms with E-state index < -0.39 is 29.0 Å². The summed E-state index contributed by atoms with van der Waals surface area (Å²) in [5, 5.41) is 38.7. The van der Waals surface area contributed by atoms with Crippen LogP contribution in [0.2, 0.25) is 0 Å². The number of benzene rings is 4. The van der Waals surface area contributed by atoms with Crippen molar-refractivity contribution in [3.8, 4) is 11.5 Å². The quantitative estimate of drug-likeness (QED) is 0.0182. The summed E-state index contributed by atoms with van der Waals surface area (Å²) in [6.07, 6.45) is 14.1. The van der Waals surface area contributed by atoms with E-state index in [0.717, 1.165) is 91.4 Å². The molecule has 370 valence electrons. The Labute approximate surface area is 410 Å². The van der Waals surface area contributed by atoms with E-state index >= 15 is 4.79 Å². The number of oxime groups is 1. The van der Waals surface area contributed by atoms with E-state index in [2.05, 4.69) is 41.8 Å². The molecule has 9 rings (SSSR count). The maximum absolute atomic E-state index is 15.5. The number of allylic oxidation sites excluding steroid dienone is 1. The Balaban J connectivity index is 1.24. The summed E-state index contributed by atoms with van der Waals surface area (Å²) in [5.74, 6) is -1.08. The molecule has 14 heteroatoms. The zero-order valence-corrected chi connectivity index (χ0v) is 39.9. The second kappa shape index (κ2) is 22.9. The van der Waals surface area contributed by atoms with E-state index in [0.29, 0.717) is 49.5 Å². The van der Waals surface area contributed by atoms with E-state index in [4.69, 9.17) is 28.9 Å². The molecular weight excluding hydrogens is 889 g/mol. The van der Waals surface area contributed by atoms with Crippen molar-refractivity contribution < 1.29 is 43.7 Å². The van der Waals surface area contributed by atoms with Gasteiger partial charge in [-0.3, -0.25) is 19.8 Å². The Kier molecular flexibility index (Phi) is 16.1. The highest BCUT2D eigenvalue weighted by atomic mass is 16.8. The lowest BCUT2D eigenvalue weighted by Gasteiger charge is -2.60. The molecule has 0 aromatic heterocycles. The highest BCUT2D eigenvalue weighted by Crippen LogP contribution is 2.62. The minimum Gasteiger partial charge on any atom is -0.492 e. The number of unbranched alkanes of at least 4 members (excludes halogenated alkanes) is 2. The van der Waals surface area contributed by atoms with E-state index in [1.54, 1.807) is 24.3 Å². The Morgan fingerprint density at radius 1 is 0.986 bits per heavy atom. The summed E-state index contributed by atoms with van der Waals surface area (Å²) in [5.41, 5.74) is 4.11. The smallest absolute Gasteiger partial charge is 0.269 e. The third kappa shape index (κ3) is 11.0. The lowest BCUT2D eigenvalue weighted by atomic mass is 9.55. The van der Waals surface area contributed by atoms with Gasteiger partial charge in [-0.1, -0.05) is 72.6 Å². The number of rotatable bonds is 23. The fourth-order valence-electron chi connectivity index (χ4n) is 11.2. The molecule has 1 amide bonds. The van der Waals surface area contributed by atoms with Crippen LogP contribution in [-0.4, -0.2) is 107 Å². The highest BCUT2D eigenvalue weighted by molar-refractivity contribution is 6.03. The molecule has 0 spiro atoms. The zero-order chi connectivity index (χ0) is 48.5. The minimum absolute atomic E-state index is 0.0352. The van der Waals surface area contributed by atoms with E-state index in [1.807, 2.05) is 41.3 Å². The van der Waals surface area contributed by atoms with Crippen molar-refractivity contribution in [1.29, 1.82) is 0 Å². The number of amides is 1. The first kappa shape index (κ1) is 49.1. The molecule has 0 radical (unpaired) electrons. The second-order valence-electron chi connectivity index (χ2n) is 19.2. The maximum atomic E-state index is 15.5. The van der Waals surface area contributed by atoms with Crippen LogP contribution in [0.3, 0.4) is 0 Å². The van der Waals surface area contributed by atoms with E-state index in [9.17, 15) is 20.3 Å². The lowest BCUT2D eigenvalue weighted by Crippen LogP contribution is -2.70. The van der Waals surface area contributed by atoms with Crippen molar-refractivity contribution in [2.75, 3.05) is 52.7 Å². The number of nitrogens with zero attached hydrogens (tertiary/aromatic N) is 4. The van der Waals surface area contributed by atoms with Crippen molar-refractivity contribution in [2.45, 2.75) is 94.8 Å². The Hall–Kier alpha value is -5.90. The van der Waals surface area contributed by atoms with Gasteiger partial charge in [-0.15, -0.1) is 6.58 Å². The van der Waals surface area contributed by atoms with E-state index in [1.165, 1.54) is 18.2 Å². The van der Waals surface area contributed by atoms with Gasteiger partial charge >= 0.3 is 0 Å². The molecule has 14 nitrogen and oxygen atoms in total. The summed E-state index contributed by atoms with van der Waals surface area (Å²) in [6.45, 7) is 8.69. The van der Waals surface area contributed by atoms with Gasteiger partial charge < -0.3 is 38.9 Å². The molecule has 70 heavy (non-hydrogen) atoms. The number of nitro benzene ring substituents is 1. The number of non-ortho nitro benzene ring substituents is 1. The molecule has 2 saturated heterocycles. The lowest BCUT2D eigenvalue weighted by molar-refractivity contribution is -0.384. The fourth-order valence-corrected chi connectivity index (χ4v) is 11.2. The number of hydrogen-bond acceptors (Lipinski definition) is 12. The van der Waals surface area contributed by atoms with Crippen LogP contribution < -0.4 is 9.47 Å². The number of fused-ring (bicyclic) bond motifs is 3. The van der Waals surface area contributed by atoms with Gasteiger partial charge in [0.25, 0.3) is 5.69 Å². The Bertz CT molecular complexity index is 2550. The van der Waals surface area contributed by atoms with Gasteiger partial charge in [0.15, 0.2) is 0 Å². The molecule has 4 aromatic carbocycles. The predicted molar refractivity (Wildman–Crippen MR) is 268 cm³/mol. The SMILES string of the molecule is C=CCOC12Oc3ccc(OCCN4CC4)cc3C3C(CCCCO)C(CCCCO)C=C(C(=NOC4CCCCO4)CC1N(Cc1cccc4ccccc14)C(=O)C=Cc1ccc([N+](=O)[O-])cc1)C32. The molecule has 1 saturated carbocycles. The van der Waals surface area contributed by atoms with Crippen LogP contribution in [0.4, 0.5) is 5.69 Å². The van der Waals surface area contributed by atoms with Crippen molar-refractivity contribution in [1.82, 2.24) is 9.80 Å². The average molecular weight is 955 g/mol. The van der Waals surface area contributed by atoms with Crippen molar-refractivity contribution >= 4 is 34.2 Å². The van der Waals surface area contributed by atoms with Crippen molar-refractivity contribution in [2.24, 2.45) is 22.9 Å². The number of carbonyl (C=O) groups excluding carboxylic acids is 1. The molecule has 2 N–H and O–H groups in total. The van der Waals surface area contributed by atoms with Gasteiger partial charge in [0.05, 0.1) is 29.8 Å². The van der Waals surface area contributed by atoms with Crippen LogP contribution in [0.1, 0.15) is 86.8 Å². The third-order valence-corrected chi connectivity index (χ3v) is 14.7. The predicted octanol–water partition coefficient (Wildman–Crippen LogP) is 9.34. The molecule has 7 atom stereocenters. The van der Waals surface area contributed by atoms with Crippen LogP contribution in [-0.2, 0) is 25.7 Å². The number of ether oxygens (including phenoxy) is 4. The Morgan fingerprint density at radius 2 is 1.79 bits per heavy atom. The largest absolute Gasteiger partial charge is 0.492 e. The van der Waals surface area contributed by atoms with Gasteiger partial charge in [0.2, 0.25) is 18.0 Å². The average Bonchev–Trinajstić information content (AvgIpc) is 4.22. The van der Waals surface area contributed by atoms with Crippen LogP contribution in [0.5, 0.6) is 11.5 Å².